The van der Waals surface area contributed by atoms with Crippen molar-refractivity contribution in [3.63, 3.8) is 0 Å². The summed E-state index contributed by atoms with van der Waals surface area (Å²) in [5.74, 6) is -8.27. The summed E-state index contributed by atoms with van der Waals surface area (Å²) in [4.78, 5) is 121. The molecule has 0 unspecified atom stereocenters. The number of rotatable bonds is 35. The fraction of sp³-hybridized carbons (Fsp3) is 0.500. The number of carboxylic acid groups (broad SMARTS) is 3. The molecule has 2 aromatic heterocycles. The highest BCUT2D eigenvalue weighted by Gasteiger charge is 2.34. The molecular weight excluding hydrogens is 1190 g/mol. The number of alkyl halides is 1. The highest BCUT2D eigenvalue weighted by Crippen LogP contribution is 2.43. The number of aromatic nitrogens is 5. The number of aliphatic carboxylic acids is 3. The zero-order valence-electron chi connectivity index (χ0n) is 44.7. The van der Waals surface area contributed by atoms with Crippen molar-refractivity contribution in [2.24, 2.45) is 21.6 Å². The zero-order chi connectivity index (χ0) is 60.8. The number of anilines is 1. The van der Waals surface area contributed by atoms with E-state index in [1.165, 1.54) is 20.4 Å². The summed E-state index contributed by atoms with van der Waals surface area (Å²) in [6.45, 7) is 0.433. The summed E-state index contributed by atoms with van der Waals surface area (Å²) >= 11 is 6.87. The van der Waals surface area contributed by atoms with Gasteiger partial charge in [-0.1, -0.05) is 62.4 Å². The fourth-order valence-corrected chi connectivity index (χ4v) is 12.2. The molecule has 35 heteroatoms. The number of aliphatic imine (C=N–C) groups is 1. The second-order valence-electron chi connectivity index (χ2n) is 18.8. The number of guanidine groups is 1. The molecule has 0 radical (unpaired) electrons. The average molecular weight is 1250 g/mol. The van der Waals surface area contributed by atoms with Crippen LogP contribution in [0.25, 0.3) is 10.8 Å². The lowest BCUT2D eigenvalue weighted by atomic mass is 9.95. The van der Waals surface area contributed by atoms with Crippen LogP contribution in [0.2, 0.25) is 0 Å². The van der Waals surface area contributed by atoms with Crippen LogP contribution in [-0.2, 0) is 67.8 Å². The normalized spacial score (nSPS) is 14.2. The third kappa shape index (κ3) is 21.7. The first-order chi connectivity index (χ1) is 39.4. The SMILES string of the molecule is CN(CCSSC[C@H](NC(=O)[C@H](CC(=O)O)NC(=O)[C@H](CCCN=C(N)N)NC(=O)[C@H](CC(=O)O)NC(=O)CCCCn1cc(CCCC(=O)Nc2nnc(S(N)(=O)=O)s2)nn1)C(=O)O)C(=O)Oc1cc2c(c3ccccc13)[C@H](CCl)CC2. The molecule has 1 aliphatic carbocycles. The van der Waals surface area contributed by atoms with Gasteiger partial charge in [-0.25, -0.2) is 23.1 Å². The maximum absolute atomic E-state index is 13.8. The van der Waals surface area contributed by atoms with Crippen LogP contribution in [0.4, 0.5) is 9.93 Å². The molecule has 0 saturated carbocycles. The lowest BCUT2D eigenvalue weighted by Gasteiger charge is -2.25. The number of nitrogens with one attached hydrogen (secondary N) is 5. The van der Waals surface area contributed by atoms with Crippen molar-refractivity contribution in [2.75, 3.05) is 42.8 Å². The Morgan fingerprint density at radius 1 is 0.855 bits per heavy atom. The number of sulfonamides is 1. The predicted octanol–water partition coefficient (Wildman–Crippen LogP) is 0.869. The fourth-order valence-electron chi connectivity index (χ4n) is 8.34. The van der Waals surface area contributed by atoms with E-state index in [2.05, 4.69) is 52.1 Å². The van der Waals surface area contributed by atoms with Crippen LogP contribution in [0.15, 0.2) is 45.9 Å². The van der Waals surface area contributed by atoms with Gasteiger partial charge >= 0.3 is 24.0 Å². The smallest absolute Gasteiger partial charge is 0.415 e. The number of nitrogens with two attached hydrogens (primary N) is 3. The topological polar surface area (TPSA) is 468 Å². The second kappa shape index (κ2) is 32.4. The van der Waals surface area contributed by atoms with E-state index in [0.29, 0.717) is 60.2 Å². The first kappa shape index (κ1) is 66.4. The summed E-state index contributed by atoms with van der Waals surface area (Å²) in [6, 6.07) is 2.71. The van der Waals surface area contributed by atoms with Crippen LogP contribution in [-0.4, -0.2) is 175 Å². The number of primary sulfonamides is 1. The highest BCUT2D eigenvalue weighted by atomic mass is 35.5. The number of carbonyl (C=O) groups is 9. The minimum atomic E-state index is -4.06. The number of ether oxygens (including phenoxy) is 1. The number of halogens is 1. The van der Waals surface area contributed by atoms with Crippen molar-refractivity contribution in [1.29, 1.82) is 0 Å². The number of hydrogen-bond donors (Lipinski definition) is 11. The Balaban J connectivity index is 1.09. The molecule has 0 aliphatic heterocycles. The summed E-state index contributed by atoms with van der Waals surface area (Å²) in [5.41, 5.74) is 13.6. The van der Waals surface area contributed by atoms with Gasteiger partial charge in [-0.2, -0.15) is 0 Å². The van der Waals surface area contributed by atoms with Gasteiger partial charge in [-0.15, -0.1) is 26.9 Å². The largest absolute Gasteiger partial charge is 0.481 e. The van der Waals surface area contributed by atoms with E-state index in [0.717, 1.165) is 45.5 Å². The molecule has 0 bridgehead atoms. The summed E-state index contributed by atoms with van der Waals surface area (Å²) in [7, 11) is -0.290. The number of hydrogen-bond acceptors (Lipinski definition) is 20. The van der Waals surface area contributed by atoms with Gasteiger partial charge in [0.05, 0.1) is 18.5 Å². The van der Waals surface area contributed by atoms with Gasteiger partial charge < -0.3 is 63.0 Å². The Morgan fingerprint density at radius 2 is 1.51 bits per heavy atom. The number of fused-ring (bicyclic) bond motifs is 3. The Kier molecular flexibility index (Phi) is 26.0. The zero-order valence-corrected chi connectivity index (χ0v) is 48.7. The third-order valence-electron chi connectivity index (χ3n) is 12.4. The van der Waals surface area contributed by atoms with Gasteiger partial charge in [0.15, 0.2) is 5.96 Å². The minimum absolute atomic E-state index is 0.0147. The van der Waals surface area contributed by atoms with E-state index >= 15 is 0 Å². The number of aryl methyl sites for hydroxylation is 3. The Bertz CT molecular complexity index is 3130. The molecule has 30 nitrogen and oxygen atoms in total. The van der Waals surface area contributed by atoms with Gasteiger partial charge in [0.25, 0.3) is 10.0 Å². The van der Waals surface area contributed by atoms with Crippen LogP contribution in [0.3, 0.4) is 0 Å². The molecule has 4 aromatic rings. The molecule has 0 fully saturated rings. The van der Waals surface area contributed by atoms with E-state index < -0.39 is 105 Å². The summed E-state index contributed by atoms with van der Waals surface area (Å²) < 4.78 is 29.7. The number of benzene rings is 2. The molecule has 0 spiro atoms. The molecule has 1 aliphatic rings. The summed E-state index contributed by atoms with van der Waals surface area (Å²) in [6.07, 6.45) is 1.75. The van der Waals surface area contributed by atoms with Gasteiger partial charge in [-0.05, 0) is 79.9 Å². The lowest BCUT2D eigenvalue weighted by Crippen LogP contribution is -2.58. The maximum atomic E-state index is 13.8. The number of amides is 6. The standard InChI is InChI=1S/C48H64ClN15O15S4/c1-63(48(76)79-35-20-26-14-15-27(23-49)40(26)30-10-3-2-9-29(30)35)18-19-80-81-25-34(44(74)75)57-43(73)33(22-39(69)70)56-41(71)31(11-7-16-53-45(50)51)55-42(72)32(21-38(67)68)54-36(65)12-4-5-17-64-24-28(59-62-64)8-6-13-37(66)58-46-60-61-47(82-46)83(52,77)78/h2-3,9-10,20,24,27,31-34H,4-8,11-19,21-23,25H2,1H3,(H,54,65)(H,55,72)(H,56,71)(H,57,73)(H,67,68)(H,69,70)(H,74,75)(H4,50,51,53)(H2,52,77,78)(H,58,60,66)/t27-,31-,32-,33-,34-/m0/s1. The van der Waals surface area contributed by atoms with Crippen LogP contribution < -0.4 is 47.9 Å². The predicted molar refractivity (Wildman–Crippen MR) is 306 cm³/mol. The van der Waals surface area contributed by atoms with Crippen molar-refractivity contribution in [2.45, 2.75) is 118 Å². The van der Waals surface area contributed by atoms with Crippen LogP contribution >= 0.6 is 44.5 Å². The molecule has 6 amide bonds. The number of nitrogens with zero attached hydrogens (tertiary/aromatic N) is 7. The molecule has 452 valence electrons. The number of carbonyl (C=O) groups excluding carboxylic acids is 6. The molecule has 2 heterocycles. The highest BCUT2D eigenvalue weighted by molar-refractivity contribution is 8.76. The van der Waals surface area contributed by atoms with Crippen molar-refractivity contribution >= 4 is 130 Å². The van der Waals surface area contributed by atoms with Crippen LogP contribution in [0.1, 0.15) is 86.9 Å². The molecule has 83 heavy (non-hydrogen) atoms. The van der Waals surface area contributed by atoms with Crippen molar-refractivity contribution in [3.05, 3.63) is 53.3 Å². The van der Waals surface area contributed by atoms with E-state index in [1.54, 1.807) is 13.2 Å². The van der Waals surface area contributed by atoms with Crippen molar-refractivity contribution < 1.29 is 71.6 Å². The van der Waals surface area contributed by atoms with Crippen LogP contribution in [0, 0.1) is 0 Å². The minimum Gasteiger partial charge on any atom is -0.481 e. The van der Waals surface area contributed by atoms with Gasteiger partial charge in [-0.3, -0.25) is 43.2 Å². The van der Waals surface area contributed by atoms with Crippen LogP contribution in [0.5, 0.6) is 5.75 Å². The quantitative estimate of drug-likeness (QED) is 0.00760. The third-order valence-corrected chi connectivity index (χ3v) is 17.3. The van der Waals surface area contributed by atoms with E-state index in [1.807, 2.05) is 30.3 Å². The van der Waals surface area contributed by atoms with E-state index in [-0.39, 0.29) is 68.0 Å². The first-order valence-corrected chi connectivity index (χ1v) is 31.1. The summed E-state index contributed by atoms with van der Waals surface area (Å²) in [5, 5.41) is 62.8. The monoisotopic (exact) mass is 1250 g/mol. The lowest BCUT2D eigenvalue weighted by molar-refractivity contribution is -0.143. The second-order valence-corrected chi connectivity index (χ2v) is 24.5. The Morgan fingerprint density at radius 3 is 2.16 bits per heavy atom. The van der Waals surface area contributed by atoms with E-state index in [4.69, 9.17) is 32.9 Å². The Hall–Kier alpha value is -7.40. The van der Waals surface area contributed by atoms with Crippen molar-refractivity contribution in [3.8, 4) is 5.75 Å². The maximum Gasteiger partial charge on any atom is 0.415 e. The number of unbranched alkanes of at least 4 members (excludes halogenated alkanes) is 1. The molecule has 0 saturated heterocycles. The Labute approximate surface area is 492 Å². The molecule has 14 N–H and O–H groups in total. The number of carboxylic acids is 3. The van der Waals surface area contributed by atoms with Gasteiger partial charge in [0.2, 0.25) is 39.0 Å². The van der Waals surface area contributed by atoms with Gasteiger partial charge in [0, 0.05) is 68.5 Å². The van der Waals surface area contributed by atoms with Crippen molar-refractivity contribution in [1.82, 2.24) is 51.4 Å². The molecule has 5 rings (SSSR count). The molecule has 2 aromatic carbocycles. The average Bonchev–Trinajstić information content (AvgIpc) is 4.44. The molecule has 5 atom stereocenters. The van der Waals surface area contributed by atoms with Gasteiger partial charge in [0.1, 0.15) is 29.9 Å². The first-order valence-electron chi connectivity index (χ1n) is 25.7. The molecular formula is C48H64ClN15O15S4. The van der Waals surface area contributed by atoms with E-state index in [9.17, 15) is 66.9 Å².